The Labute approximate surface area is 161 Å². The van der Waals surface area contributed by atoms with Gasteiger partial charge in [0.25, 0.3) is 11.7 Å². The second-order valence-corrected chi connectivity index (χ2v) is 7.28. The maximum Gasteiger partial charge on any atom is 0.349 e. The maximum absolute atomic E-state index is 12.6. The number of rotatable bonds is 2. The molecule has 1 amide bonds. The lowest BCUT2D eigenvalue weighted by atomic mass is 9.94. The van der Waals surface area contributed by atoms with Gasteiger partial charge in [-0.3, -0.25) is 4.79 Å². The van der Waals surface area contributed by atoms with Gasteiger partial charge in [0.2, 0.25) is 0 Å². The summed E-state index contributed by atoms with van der Waals surface area (Å²) in [6.45, 7) is 0. The molecule has 0 saturated heterocycles. The lowest BCUT2D eigenvalue weighted by Crippen LogP contribution is -2.40. The van der Waals surface area contributed by atoms with E-state index in [0.29, 0.717) is 28.2 Å². The molecule has 0 atom stereocenters. The summed E-state index contributed by atoms with van der Waals surface area (Å²) < 4.78 is 17.4. The van der Waals surface area contributed by atoms with Crippen molar-refractivity contribution in [1.29, 1.82) is 0 Å². The fraction of sp³-hybridized carbons (Fsp3) is 0.273. The first kappa shape index (κ1) is 16.9. The molecule has 0 unspecified atom stereocenters. The van der Waals surface area contributed by atoms with Crippen molar-refractivity contribution >= 4 is 22.6 Å². The number of benzene rings is 2. The molecule has 1 saturated carbocycles. The highest BCUT2D eigenvalue weighted by molar-refractivity contribution is 6.05. The molecule has 0 radical (unpaired) electrons. The van der Waals surface area contributed by atoms with Crippen molar-refractivity contribution in [2.75, 3.05) is 5.32 Å². The summed E-state index contributed by atoms with van der Waals surface area (Å²) in [6, 6.07) is 13.9. The van der Waals surface area contributed by atoms with Crippen molar-refractivity contribution in [3.05, 3.63) is 64.5 Å². The van der Waals surface area contributed by atoms with E-state index in [-0.39, 0.29) is 5.56 Å². The van der Waals surface area contributed by atoms with E-state index in [9.17, 15) is 9.59 Å². The van der Waals surface area contributed by atoms with Crippen LogP contribution in [0, 0.1) is 0 Å². The largest absolute Gasteiger partial charge is 0.448 e. The molecule has 6 heteroatoms. The van der Waals surface area contributed by atoms with E-state index in [1.54, 1.807) is 42.5 Å². The smallest absolute Gasteiger partial charge is 0.349 e. The molecule has 1 aliphatic heterocycles. The molecule has 6 nitrogen and oxygen atoms in total. The molecule has 0 bridgehead atoms. The summed E-state index contributed by atoms with van der Waals surface area (Å²) in [5, 5.41) is 3.44. The van der Waals surface area contributed by atoms with Gasteiger partial charge in [0.05, 0.1) is 0 Å². The van der Waals surface area contributed by atoms with Gasteiger partial charge in [0.1, 0.15) is 11.1 Å². The molecule has 1 fully saturated rings. The van der Waals surface area contributed by atoms with Crippen LogP contribution in [0.3, 0.4) is 0 Å². The van der Waals surface area contributed by atoms with E-state index in [2.05, 4.69) is 5.32 Å². The van der Waals surface area contributed by atoms with Gasteiger partial charge in [-0.15, -0.1) is 0 Å². The highest BCUT2D eigenvalue weighted by Gasteiger charge is 2.42. The standard InChI is InChI=1S/C22H19NO5/c24-20(16-12-14-6-2-3-7-17(14)26-21(16)25)23-15-8-9-18-19(13-15)28-22(27-18)10-4-1-5-11-22/h2-3,6-9,12-13H,1,4-5,10-11H2,(H,23,24). The van der Waals surface area contributed by atoms with Crippen LogP contribution in [0.2, 0.25) is 0 Å². The lowest BCUT2D eigenvalue weighted by molar-refractivity contribution is -0.105. The molecule has 3 aromatic rings. The number of amides is 1. The Kier molecular flexibility index (Phi) is 3.86. The third kappa shape index (κ3) is 2.91. The van der Waals surface area contributed by atoms with Gasteiger partial charge in [-0.05, 0) is 37.1 Å². The molecular weight excluding hydrogens is 358 g/mol. The third-order valence-corrected chi connectivity index (χ3v) is 5.29. The van der Waals surface area contributed by atoms with Crippen molar-refractivity contribution in [1.82, 2.24) is 0 Å². The van der Waals surface area contributed by atoms with Crippen molar-refractivity contribution < 1.29 is 18.7 Å². The Hall–Kier alpha value is -3.28. The Bertz CT molecular complexity index is 1130. The average molecular weight is 377 g/mol. The monoisotopic (exact) mass is 377 g/mol. The summed E-state index contributed by atoms with van der Waals surface area (Å²) >= 11 is 0. The molecule has 2 aliphatic rings. The van der Waals surface area contributed by atoms with Crippen LogP contribution in [-0.4, -0.2) is 11.7 Å². The van der Waals surface area contributed by atoms with E-state index >= 15 is 0 Å². The summed E-state index contributed by atoms with van der Waals surface area (Å²) in [5.41, 5.74) is 0.274. The summed E-state index contributed by atoms with van der Waals surface area (Å²) in [6.07, 6.45) is 5.08. The SMILES string of the molecule is O=C(Nc1ccc2c(c1)OC1(CCCCC1)O2)c1cc2ccccc2oc1=O. The van der Waals surface area contributed by atoms with E-state index in [4.69, 9.17) is 13.9 Å². The van der Waals surface area contributed by atoms with Crippen molar-refractivity contribution in [3.63, 3.8) is 0 Å². The predicted molar refractivity (Wildman–Crippen MR) is 104 cm³/mol. The molecule has 1 aromatic heterocycles. The fourth-order valence-electron chi connectivity index (χ4n) is 3.88. The molecule has 1 aliphatic carbocycles. The Morgan fingerprint density at radius 2 is 1.71 bits per heavy atom. The van der Waals surface area contributed by atoms with Gasteiger partial charge >= 0.3 is 5.63 Å². The number of para-hydroxylation sites is 1. The normalized spacial score (nSPS) is 17.0. The number of fused-ring (bicyclic) bond motifs is 2. The number of carbonyl (C=O) groups excluding carboxylic acids is 1. The van der Waals surface area contributed by atoms with Crippen LogP contribution in [0.15, 0.2) is 57.7 Å². The van der Waals surface area contributed by atoms with E-state index in [0.717, 1.165) is 25.7 Å². The van der Waals surface area contributed by atoms with Crippen LogP contribution >= 0.6 is 0 Å². The number of nitrogens with one attached hydrogen (secondary N) is 1. The first-order chi connectivity index (χ1) is 13.6. The zero-order valence-electron chi connectivity index (χ0n) is 15.2. The minimum atomic E-state index is -0.668. The van der Waals surface area contributed by atoms with Crippen LogP contribution in [0.4, 0.5) is 5.69 Å². The van der Waals surface area contributed by atoms with Crippen LogP contribution < -0.4 is 20.4 Å². The third-order valence-electron chi connectivity index (χ3n) is 5.29. The Morgan fingerprint density at radius 1 is 0.929 bits per heavy atom. The second-order valence-electron chi connectivity index (χ2n) is 7.28. The maximum atomic E-state index is 12.6. The summed E-state index contributed by atoms with van der Waals surface area (Å²) in [5.74, 6) is 0.212. The number of anilines is 1. The average Bonchev–Trinajstić information content (AvgIpc) is 3.04. The fourth-order valence-corrected chi connectivity index (χ4v) is 3.88. The van der Waals surface area contributed by atoms with Gasteiger partial charge in [-0.1, -0.05) is 24.6 Å². The van der Waals surface area contributed by atoms with Crippen molar-refractivity contribution in [3.8, 4) is 11.5 Å². The van der Waals surface area contributed by atoms with Crippen LogP contribution in [0.25, 0.3) is 11.0 Å². The van der Waals surface area contributed by atoms with E-state index in [1.165, 1.54) is 6.42 Å². The van der Waals surface area contributed by atoms with E-state index in [1.807, 2.05) is 6.07 Å². The molecule has 1 N–H and O–H groups in total. The van der Waals surface area contributed by atoms with Gasteiger partial charge < -0.3 is 19.2 Å². The zero-order valence-corrected chi connectivity index (χ0v) is 15.2. The van der Waals surface area contributed by atoms with Crippen LogP contribution in [0.1, 0.15) is 42.5 Å². The number of ether oxygens (including phenoxy) is 2. The van der Waals surface area contributed by atoms with Crippen molar-refractivity contribution in [2.24, 2.45) is 0 Å². The number of carbonyl (C=O) groups is 1. The number of hydrogen-bond acceptors (Lipinski definition) is 5. The minimum Gasteiger partial charge on any atom is -0.448 e. The van der Waals surface area contributed by atoms with Crippen molar-refractivity contribution in [2.45, 2.75) is 37.9 Å². The predicted octanol–water partition coefficient (Wildman–Crippen LogP) is 4.48. The Morgan fingerprint density at radius 3 is 2.57 bits per heavy atom. The molecule has 142 valence electrons. The van der Waals surface area contributed by atoms with Gasteiger partial charge in [0.15, 0.2) is 11.5 Å². The molecule has 1 spiro atoms. The van der Waals surface area contributed by atoms with E-state index < -0.39 is 17.3 Å². The number of hydrogen-bond donors (Lipinski definition) is 1. The Balaban J connectivity index is 1.39. The lowest BCUT2D eigenvalue weighted by Gasteiger charge is -2.31. The van der Waals surface area contributed by atoms with Crippen LogP contribution in [-0.2, 0) is 0 Å². The van der Waals surface area contributed by atoms with Gasteiger partial charge in [-0.2, -0.15) is 0 Å². The molecule has 28 heavy (non-hydrogen) atoms. The van der Waals surface area contributed by atoms with Gasteiger partial charge in [0, 0.05) is 30.0 Å². The minimum absolute atomic E-state index is 0.0416. The second kappa shape index (κ2) is 6.41. The first-order valence-electron chi connectivity index (χ1n) is 9.48. The zero-order chi connectivity index (χ0) is 19.1. The summed E-state index contributed by atoms with van der Waals surface area (Å²) in [4.78, 5) is 24.8. The van der Waals surface area contributed by atoms with Gasteiger partial charge in [-0.25, -0.2) is 4.79 Å². The first-order valence-corrected chi connectivity index (χ1v) is 9.48. The molecule has 2 heterocycles. The topological polar surface area (TPSA) is 77.8 Å². The van der Waals surface area contributed by atoms with Crippen LogP contribution in [0.5, 0.6) is 11.5 Å². The highest BCUT2D eigenvalue weighted by Crippen LogP contribution is 2.46. The molecule has 2 aromatic carbocycles. The quantitative estimate of drug-likeness (QED) is 0.667. The molecular formula is C22H19NO5. The summed E-state index contributed by atoms with van der Waals surface area (Å²) in [7, 11) is 0. The molecule has 5 rings (SSSR count). The highest BCUT2D eigenvalue weighted by atomic mass is 16.7.